The summed E-state index contributed by atoms with van der Waals surface area (Å²) in [5.41, 5.74) is 0. The van der Waals surface area contributed by atoms with Crippen LogP contribution in [0.2, 0.25) is 0 Å². The van der Waals surface area contributed by atoms with Gasteiger partial charge in [0.15, 0.2) is 0 Å². The molecule has 0 fully saturated rings. The van der Waals surface area contributed by atoms with Crippen LogP contribution < -0.4 is 0 Å². The maximum atomic E-state index is 11.6. The molecule has 0 bridgehead atoms. The summed E-state index contributed by atoms with van der Waals surface area (Å²) < 4.78 is 21.6. The fourth-order valence-corrected chi connectivity index (χ4v) is 1.87. The molecule has 4 heteroatoms. The Labute approximate surface area is 84.7 Å². The first-order valence-electron chi connectivity index (χ1n) is 4.38. The summed E-state index contributed by atoms with van der Waals surface area (Å²) in [5.74, 6) is -0.821. The van der Waals surface area contributed by atoms with E-state index >= 15 is 0 Å². The highest BCUT2D eigenvalue weighted by atomic mass is 32.2. The van der Waals surface area contributed by atoms with E-state index in [1.165, 1.54) is 6.08 Å². The molecule has 0 aromatic rings. The lowest BCUT2D eigenvalue weighted by Crippen LogP contribution is -2.26. The van der Waals surface area contributed by atoms with E-state index in [4.69, 9.17) is 0 Å². The second kappa shape index (κ2) is 4.37. The molecule has 1 unspecified atom stereocenters. The topological polar surface area (TPSA) is 51.2 Å². The Hall–Kier alpha value is -1.16. The van der Waals surface area contributed by atoms with Crippen molar-refractivity contribution in [2.45, 2.75) is 13.8 Å². The van der Waals surface area contributed by atoms with Crippen LogP contribution in [0.1, 0.15) is 13.8 Å². The SMILES string of the molecule is CC(C)C(=O)C1C=CC=CC1=S(=O)=O. The monoisotopic (exact) mass is 212 g/mol. The lowest BCUT2D eigenvalue weighted by atomic mass is 9.90. The summed E-state index contributed by atoms with van der Waals surface area (Å²) in [6, 6.07) is 0. The minimum absolute atomic E-state index is 0.0650. The minimum Gasteiger partial charge on any atom is -0.298 e. The van der Waals surface area contributed by atoms with Gasteiger partial charge >= 0.3 is 0 Å². The predicted octanol–water partition coefficient (Wildman–Crippen LogP) is 1.01. The minimum atomic E-state index is -2.31. The van der Waals surface area contributed by atoms with E-state index in [0.717, 1.165) is 0 Å². The molecule has 1 aliphatic carbocycles. The Kier molecular flexibility index (Phi) is 3.41. The third kappa shape index (κ3) is 2.20. The average molecular weight is 212 g/mol. The fraction of sp³-hybridized carbons (Fsp3) is 0.400. The smallest absolute Gasteiger partial charge is 0.218 e. The van der Waals surface area contributed by atoms with Crippen molar-refractivity contribution in [1.29, 1.82) is 0 Å². The molecule has 76 valence electrons. The first-order valence-corrected chi connectivity index (χ1v) is 5.46. The highest BCUT2D eigenvalue weighted by Gasteiger charge is 2.24. The third-order valence-corrected chi connectivity index (χ3v) is 2.82. The van der Waals surface area contributed by atoms with Gasteiger partial charge in [-0.2, -0.15) is 8.42 Å². The molecule has 0 spiro atoms. The van der Waals surface area contributed by atoms with Gasteiger partial charge in [0, 0.05) is 5.92 Å². The number of carbonyl (C=O) groups is 1. The maximum Gasteiger partial charge on any atom is 0.218 e. The number of ketones is 1. The van der Waals surface area contributed by atoms with E-state index in [1.54, 1.807) is 32.1 Å². The summed E-state index contributed by atoms with van der Waals surface area (Å²) in [6.45, 7) is 3.53. The fourth-order valence-electron chi connectivity index (χ4n) is 1.28. The molecule has 0 aliphatic heterocycles. The molecule has 1 rings (SSSR count). The van der Waals surface area contributed by atoms with Gasteiger partial charge in [-0.1, -0.05) is 32.1 Å². The zero-order valence-electron chi connectivity index (χ0n) is 8.10. The quantitative estimate of drug-likeness (QED) is 0.642. The van der Waals surface area contributed by atoms with Crippen LogP contribution in [0.25, 0.3) is 0 Å². The molecular formula is C10H12O3S. The third-order valence-electron chi connectivity index (χ3n) is 2.05. The van der Waals surface area contributed by atoms with Gasteiger partial charge in [-0.15, -0.1) is 0 Å². The summed E-state index contributed by atoms with van der Waals surface area (Å²) in [5, 5.41) is 0. The van der Waals surface area contributed by atoms with E-state index in [9.17, 15) is 13.2 Å². The molecule has 1 atom stereocenters. The number of rotatable bonds is 2. The number of Topliss-reactive ketones (excluding diaryl/α,β-unsaturated/α-hetero) is 1. The van der Waals surface area contributed by atoms with Crippen LogP contribution in [0.15, 0.2) is 24.3 Å². The van der Waals surface area contributed by atoms with Gasteiger partial charge in [0.2, 0.25) is 10.3 Å². The van der Waals surface area contributed by atoms with Crippen LogP contribution in [0.5, 0.6) is 0 Å². The molecule has 0 amide bonds. The molecule has 0 radical (unpaired) electrons. The van der Waals surface area contributed by atoms with Gasteiger partial charge in [-0.25, -0.2) is 0 Å². The Bertz CT molecular complexity index is 416. The summed E-state index contributed by atoms with van der Waals surface area (Å²) in [7, 11) is -2.31. The van der Waals surface area contributed by atoms with Gasteiger partial charge in [0.1, 0.15) is 5.78 Å². The Morgan fingerprint density at radius 1 is 1.36 bits per heavy atom. The van der Waals surface area contributed by atoms with Crippen LogP contribution in [-0.2, 0) is 15.1 Å². The molecule has 0 aromatic carbocycles. The van der Waals surface area contributed by atoms with Crippen molar-refractivity contribution >= 4 is 20.9 Å². The molecular weight excluding hydrogens is 200 g/mol. The molecule has 1 aliphatic rings. The van der Waals surface area contributed by atoms with Crippen molar-refractivity contribution in [2.75, 3.05) is 0 Å². The molecule has 0 N–H and O–H groups in total. The van der Waals surface area contributed by atoms with Crippen molar-refractivity contribution < 1.29 is 13.2 Å². The van der Waals surface area contributed by atoms with E-state index in [-0.39, 0.29) is 16.6 Å². The van der Waals surface area contributed by atoms with Crippen LogP contribution in [0.4, 0.5) is 0 Å². The number of hydrogen-bond acceptors (Lipinski definition) is 3. The zero-order valence-corrected chi connectivity index (χ0v) is 8.91. The second-order valence-electron chi connectivity index (χ2n) is 3.42. The summed E-state index contributed by atoms with van der Waals surface area (Å²) in [4.78, 5) is 11.8. The van der Waals surface area contributed by atoms with Gasteiger partial charge in [0.25, 0.3) is 0 Å². The molecule has 0 saturated heterocycles. The van der Waals surface area contributed by atoms with Crippen molar-refractivity contribution in [1.82, 2.24) is 0 Å². The molecule has 0 heterocycles. The largest absolute Gasteiger partial charge is 0.298 e. The molecule has 0 saturated carbocycles. The number of allylic oxidation sites excluding steroid dienone is 4. The van der Waals surface area contributed by atoms with E-state index in [0.29, 0.717) is 0 Å². The average Bonchev–Trinajstić information content (AvgIpc) is 2.16. The lowest BCUT2D eigenvalue weighted by molar-refractivity contribution is -0.122. The van der Waals surface area contributed by atoms with Crippen molar-refractivity contribution in [3.8, 4) is 0 Å². The van der Waals surface area contributed by atoms with Crippen molar-refractivity contribution in [3.05, 3.63) is 24.3 Å². The van der Waals surface area contributed by atoms with Gasteiger partial charge < -0.3 is 0 Å². The second-order valence-corrected chi connectivity index (χ2v) is 4.36. The number of carbonyl (C=O) groups excluding carboxylic acids is 1. The Morgan fingerprint density at radius 2 is 2.00 bits per heavy atom. The summed E-state index contributed by atoms with van der Waals surface area (Å²) >= 11 is 0. The van der Waals surface area contributed by atoms with Crippen LogP contribution in [0, 0.1) is 11.8 Å². The standard InChI is InChI=1S/C10H12O3S/c1-7(2)10(11)8-5-3-4-6-9(8)14(12)13/h3-8H,1-2H3. The van der Waals surface area contributed by atoms with Crippen LogP contribution in [0.3, 0.4) is 0 Å². The lowest BCUT2D eigenvalue weighted by Gasteiger charge is -2.14. The van der Waals surface area contributed by atoms with Crippen molar-refractivity contribution in [2.24, 2.45) is 11.8 Å². The van der Waals surface area contributed by atoms with E-state index < -0.39 is 16.2 Å². The van der Waals surface area contributed by atoms with Crippen LogP contribution in [-0.4, -0.2) is 19.1 Å². The summed E-state index contributed by atoms with van der Waals surface area (Å²) in [6.07, 6.45) is 6.40. The highest BCUT2D eigenvalue weighted by molar-refractivity contribution is 7.73. The molecule has 3 nitrogen and oxygen atoms in total. The van der Waals surface area contributed by atoms with E-state index in [2.05, 4.69) is 0 Å². The maximum absolute atomic E-state index is 11.6. The van der Waals surface area contributed by atoms with Gasteiger partial charge in [-0.05, 0) is 6.08 Å². The highest BCUT2D eigenvalue weighted by Crippen LogP contribution is 2.14. The predicted molar refractivity (Wildman–Crippen MR) is 55.5 cm³/mol. The Balaban J connectivity index is 3.11. The number of hydrogen-bond donors (Lipinski definition) is 0. The first-order chi connectivity index (χ1) is 6.54. The molecule has 0 aromatic heterocycles. The normalized spacial score (nSPS) is 20.2. The first kappa shape index (κ1) is 10.9. The van der Waals surface area contributed by atoms with Crippen molar-refractivity contribution in [3.63, 3.8) is 0 Å². The van der Waals surface area contributed by atoms with Crippen LogP contribution >= 0.6 is 0 Å². The molecule has 14 heavy (non-hydrogen) atoms. The zero-order chi connectivity index (χ0) is 10.7. The van der Waals surface area contributed by atoms with Gasteiger partial charge in [-0.3, -0.25) is 4.79 Å². The van der Waals surface area contributed by atoms with E-state index in [1.807, 2.05) is 0 Å². The Morgan fingerprint density at radius 3 is 2.50 bits per heavy atom. The van der Waals surface area contributed by atoms with Gasteiger partial charge in [0.05, 0.1) is 10.8 Å².